The van der Waals surface area contributed by atoms with Gasteiger partial charge < -0.3 is 10.4 Å². The first kappa shape index (κ1) is 13.8. The Morgan fingerprint density at radius 1 is 0.955 bits per heavy atom. The van der Waals surface area contributed by atoms with E-state index in [0.717, 1.165) is 22.6 Å². The van der Waals surface area contributed by atoms with Gasteiger partial charge in [0.25, 0.3) is 0 Å². The number of nitrogens with zero attached hydrogens (tertiary/aromatic N) is 2. The maximum Gasteiger partial charge on any atom is 0.335 e. The van der Waals surface area contributed by atoms with Gasteiger partial charge in [0.05, 0.1) is 11.3 Å². The molecule has 0 fully saturated rings. The molecule has 0 saturated heterocycles. The van der Waals surface area contributed by atoms with E-state index in [1.54, 1.807) is 24.4 Å². The molecule has 0 aliphatic heterocycles. The molecule has 5 heteroatoms. The number of hydrogen-bond acceptors (Lipinski definition) is 4. The summed E-state index contributed by atoms with van der Waals surface area (Å²) >= 11 is 0. The average molecular weight is 291 g/mol. The second kappa shape index (κ2) is 6.05. The van der Waals surface area contributed by atoms with Crippen molar-refractivity contribution in [3.63, 3.8) is 0 Å². The Bertz CT molecular complexity index is 787. The topological polar surface area (TPSA) is 75.1 Å². The van der Waals surface area contributed by atoms with Crippen LogP contribution < -0.4 is 5.32 Å². The Hall–Kier alpha value is -3.21. The van der Waals surface area contributed by atoms with Gasteiger partial charge in [0, 0.05) is 23.1 Å². The van der Waals surface area contributed by atoms with Gasteiger partial charge in [-0.15, -0.1) is 0 Å². The van der Waals surface area contributed by atoms with Crippen LogP contribution in [0.2, 0.25) is 0 Å². The van der Waals surface area contributed by atoms with Crippen molar-refractivity contribution in [2.75, 3.05) is 5.32 Å². The molecule has 0 radical (unpaired) electrons. The summed E-state index contributed by atoms with van der Waals surface area (Å²) in [7, 11) is 0. The van der Waals surface area contributed by atoms with Crippen molar-refractivity contribution in [2.24, 2.45) is 0 Å². The Balaban J connectivity index is 1.79. The van der Waals surface area contributed by atoms with E-state index in [-0.39, 0.29) is 5.56 Å². The van der Waals surface area contributed by atoms with E-state index in [1.165, 1.54) is 0 Å². The van der Waals surface area contributed by atoms with Crippen LogP contribution in [0.4, 0.5) is 11.4 Å². The molecule has 3 aromatic rings. The Morgan fingerprint density at radius 3 is 2.45 bits per heavy atom. The molecule has 0 atom stereocenters. The van der Waals surface area contributed by atoms with Gasteiger partial charge in [-0.2, -0.15) is 10.2 Å². The lowest BCUT2D eigenvalue weighted by Gasteiger charge is -2.08. The van der Waals surface area contributed by atoms with Crippen LogP contribution in [-0.4, -0.2) is 21.3 Å². The normalized spacial score (nSPS) is 10.2. The van der Waals surface area contributed by atoms with Crippen molar-refractivity contribution >= 4 is 17.3 Å². The summed E-state index contributed by atoms with van der Waals surface area (Å²) < 4.78 is 0. The van der Waals surface area contributed by atoms with Crippen LogP contribution >= 0.6 is 0 Å². The highest BCUT2D eigenvalue weighted by molar-refractivity contribution is 5.89. The van der Waals surface area contributed by atoms with Crippen LogP contribution in [-0.2, 0) is 0 Å². The van der Waals surface area contributed by atoms with Crippen molar-refractivity contribution in [3.05, 3.63) is 72.4 Å². The van der Waals surface area contributed by atoms with Crippen LogP contribution in [0.15, 0.2) is 66.9 Å². The van der Waals surface area contributed by atoms with Crippen LogP contribution in [0.3, 0.4) is 0 Å². The molecule has 108 valence electrons. The predicted octanol–water partition coefficient (Wildman–Crippen LogP) is 3.59. The highest BCUT2D eigenvalue weighted by atomic mass is 16.4. The lowest BCUT2D eigenvalue weighted by Crippen LogP contribution is -1.97. The average Bonchev–Trinajstić information content (AvgIpc) is 2.56. The van der Waals surface area contributed by atoms with E-state index in [2.05, 4.69) is 15.5 Å². The third-order valence-corrected chi connectivity index (χ3v) is 3.15. The molecule has 0 saturated carbocycles. The number of carboxylic acid groups (broad SMARTS) is 1. The first-order valence-electron chi connectivity index (χ1n) is 6.71. The third kappa shape index (κ3) is 3.09. The molecule has 0 amide bonds. The summed E-state index contributed by atoms with van der Waals surface area (Å²) in [6.45, 7) is 0. The number of nitrogens with one attached hydrogen (secondary N) is 1. The van der Waals surface area contributed by atoms with E-state index >= 15 is 0 Å². The zero-order chi connectivity index (χ0) is 15.4. The molecule has 2 N–H and O–H groups in total. The van der Waals surface area contributed by atoms with E-state index in [4.69, 9.17) is 5.11 Å². The van der Waals surface area contributed by atoms with E-state index in [1.807, 2.05) is 42.5 Å². The van der Waals surface area contributed by atoms with Crippen LogP contribution in [0.5, 0.6) is 0 Å². The summed E-state index contributed by atoms with van der Waals surface area (Å²) in [6, 6.07) is 18.1. The summed E-state index contributed by atoms with van der Waals surface area (Å²) in [5.41, 5.74) is 3.63. The molecule has 3 rings (SSSR count). The fourth-order valence-corrected chi connectivity index (χ4v) is 2.08. The Morgan fingerprint density at radius 2 is 1.77 bits per heavy atom. The smallest absolute Gasteiger partial charge is 0.335 e. The van der Waals surface area contributed by atoms with Crippen molar-refractivity contribution in [1.29, 1.82) is 0 Å². The maximum absolute atomic E-state index is 11.0. The summed E-state index contributed by atoms with van der Waals surface area (Å²) in [5, 5.41) is 20.1. The molecule has 0 unspecified atom stereocenters. The van der Waals surface area contributed by atoms with Crippen molar-refractivity contribution in [2.45, 2.75) is 0 Å². The fourth-order valence-electron chi connectivity index (χ4n) is 2.08. The zero-order valence-electron chi connectivity index (χ0n) is 11.6. The van der Waals surface area contributed by atoms with Gasteiger partial charge in [-0.3, -0.25) is 0 Å². The Labute approximate surface area is 127 Å². The first-order valence-corrected chi connectivity index (χ1v) is 6.71. The number of carboxylic acids is 1. The molecule has 0 aliphatic carbocycles. The molecule has 5 nitrogen and oxygen atoms in total. The van der Waals surface area contributed by atoms with Crippen molar-refractivity contribution in [3.8, 4) is 11.3 Å². The largest absolute Gasteiger partial charge is 0.478 e. The van der Waals surface area contributed by atoms with Crippen LogP contribution in [0, 0.1) is 0 Å². The quantitative estimate of drug-likeness (QED) is 0.768. The summed E-state index contributed by atoms with van der Waals surface area (Å²) in [6.07, 6.45) is 1.63. The highest BCUT2D eigenvalue weighted by Gasteiger charge is 2.04. The lowest BCUT2D eigenvalue weighted by atomic mass is 10.1. The number of aromatic nitrogens is 2. The minimum Gasteiger partial charge on any atom is -0.478 e. The van der Waals surface area contributed by atoms with E-state index < -0.39 is 5.97 Å². The van der Waals surface area contributed by atoms with Crippen LogP contribution in [0.1, 0.15) is 10.4 Å². The van der Waals surface area contributed by atoms with E-state index in [0.29, 0.717) is 0 Å². The van der Waals surface area contributed by atoms with Gasteiger partial charge in [0.15, 0.2) is 0 Å². The summed E-state index contributed by atoms with van der Waals surface area (Å²) in [4.78, 5) is 11.0. The minimum absolute atomic E-state index is 0.251. The molecule has 2 aromatic carbocycles. The van der Waals surface area contributed by atoms with E-state index in [9.17, 15) is 4.79 Å². The molecule has 1 heterocycles. The number of carbonyl (C=O) groups is 1. The lowest BCUT2D eigenvalue weighted by molar-refractivity contribution is 0.0697. The zero-order valence-corrected chi connectivity index (χ0v) is 11.6. The predicted molar refractivity (Wildman–Crippen MR) is 84.2 cm³/mol. The monoisotopic (exact) mass is 291 g/mol. The minimum atomic E-state index is -0.943. The highest BCUT2D eigenvalue weighted by Crippen LogP contribution is 2.22. The fraction of sp³-hybridized carbons (Fsp3) is 0. The number of anilines is 2. The van der Waals surface area contributed by atoms with Gasteiger partial charge >= 0.3 is 5.97 Å². The molecule has 0 aliphatic rings. The molecule has 1 aromatic heterocycles. The SMILES string of the molecule is O=C(O)c1cccc(Nc2ccc(-c3cccnn3)cc2)c1. The number of hydrogen-bond donors (Lipinski definition) is 2. The van der Waals surface area contributed by atoms with Crippen molar-refractivity contribution < 1.29 is 9.90 Å². The second-order valence-electron chi connectivity index (χ2n) is 4.70. The first-order chi connectivity index (χ1) is 10.7. The standard InChI is InChI=1S/C17H13N3O2/c21-17(22)13-3-1-4-15(11-13)19-14-8-6-12(7-9-14)16-5-2-10-18-20-16/h1-11,19H,(H,21,22). The molecule has 0 bridgehead atoms. The number of rotatable bonds is 4. The van der Waals surface area contributed by atoms with Gasteiger partial charge in [0.2, 0.25) is 0 Å². The Kier molecular flexibility index (Phi) is 3.78. The molecule has 0 spiro atoms. The van der Waals surface area contributed by atoms with Gasteiger partial charge in [-0.1, -0.05) is 18.2 Å². The van der Waals surface area contributed by atoms with Gasteiger partial charge in [-0.25, -0.2) is 4.79 Å². The van der Waals surface area contributed by atoms with Gasteiger partial charge in [-0.05, 0) is 42.5 Å². The third-order valence-electron chi connectivity index (χ3n) is 3.15. The van der Waals surface area contributed by atoms with Crippen LogP contribution in [0.25, 0.3) is 11.3 Å². The van der Waals surface area contributed by atoms with Crippen molar-refractivity contribution in [1.82, 2.24) is 10.2 Å². The second-order valence-corrected chi connectivity index (χ2v) is 4.70. The van der Waals surface area contributed by atoms with Gasteiger partial charge in [0.1, 0.15) is 0 Å². The maximum atomic E-state index is 11.0. The number of aromatic carboxylic acids is 1. The molecule has 22 heavy (non-hydrogen) atoms. The number of benzene rings is 2. The molecular formula is C17H13N3O2. The molecular weight excluding hydrogens is 278 g/mol. The summed E-state index contributed by atoms with van der Waals surface area (Å²) in [5.74, 6) is -0.943.